The van der Waals surface area contributed by atoms with Crippen LogP contribution in [0.25, 0.3) is 11.3 Å². The molecule has 23 heavy (non-hydrogen) atoms. The maximum absolute atomic E-state index is 13.6. The number of halogens is 1. The molecule has 1 amide bonds. The van der Waals surface area contributed by atoms with Gasteiger partial charge < -0.3 is 9.84 Å². The normalized spacial score (nSPS) is 10.6. The van der Waals surface area contributed by atoms with E-state index in [1.807, 2.05) is 31.2 Å². The molecule has 0 aliphatic rings. The van der Waals surface area contributed by atoms with Gasteiger partial charge in [0.05, 0.1) is 0 Å². The van der Waals surface area contributed by atoms with Crippen molar-refractivity contribution in [2.75, 3.05) is 5.32 Å². The van der Waals surface area contributed by atoms with Gasteiger partial charge in [-0.2, -0.15) is 0 Å². The standard InChI is InChI=1S/C18H15FN2O2/c1-11-3-7-14(8-4-11)20-18(22)16-10-17(23-21-16)13-6-5-12(2)15(19)9-13/h3-10H,1-2H3,(H,20,22). The summed E-state index contributed by atoms with van der Waals surface area (Å²) < 4.78 is 18.8. The van der Waals surface area contributed by atoms with Crippen molar-refractivity contribution in [3.8, 4) is 11.3 Å². The zero-order valence-corrected chi connectivity index (χ0v) is 12.8. The fourth-order valence-corrected chi connectivity index (χ4v) is 2.10. The second-order valence-corrected chi connectivity index (χ2v) is 5.36. The van der Waals surface area contributed by atoms with Crippen molar-refractivity contribution in [3.63, 3.8) is 0 Å². The van der Waals surface area contributed by atoms with E-state index in [4.69, 9.17) is 4.52 Å². The molecule has 0 aliphatic heterocycles. The molecule has 0 atom stereocenters. The lowest BCUT2D eigenvalue weighted by Gasteiger charge is -2.02. The number of nitrogens with zero attached hydrogens (tertiary/aromatic N) is 1. The topological polar surface area (TPSA) is 55.1 Å². The van der Waals surface area contributed by atoms with Gasteiger partial charge in [-0.3, -0.25) is 4.79 Å². The third-order valence-electron chi connectivity index (χ3n) is 3.51. The predicted molar refractivity (Wildman–Crippen MR) is 85.8 cm³/mol. The molecule has 116 valence electrons. The minimum Gasteiger partial charge on any atom is -0.355 e. The van der Waals surface area contributed by atoms with Crippen LogP contribution >= 0.6 is 0 Å². The number of anilines is 1. The summed E-state index contributed by atoms with van der Waals surface area (Å²) in [5.74, 6) is -0.362. The van der Waals surface area contributed by atoms with Crippen LogP contribution in [-0.2, 0) is 0 Å². The number of rotatable bonds is 3. The largest absolute Gasteiger partial charge is 0.355 e. The van der Waals surface area contributed by atoms with Gasteiger partial charge in [0.1, 0.15) is 5.82 Å². The van der Waals surface area contributed by atoms with Crippen LogP contribution in [-0.4, -0.2) is 11.1 Å². The molecule has 1 aromatic heterocycles. The molecule has 0 unspecified atom stereocenters. The van der Waals surface area contributed by atoms with E-state index in [0.717, 1.165) is 5.56 Å². The molecule has 0 spiro atoms. The fourth-order valence-electron chi connectivity index (χ4n) is 2.10. The second kappa shape index (κ2) is 6.04. The zero-order valence-electron chi connectivity index (χ0n) is 12.8. The van der Waals surface area contributed by atoms with E-state index < -0.39 is 0 Å². The van der Waals surface area contributed by atoms with E-state index >= 15 is 0 Å². The molecule has 0 fully saturated rings. The molecule has 1 heterocycles. The number of carbonyl (C=O) groups excluding carboxylic acids is 1. The Bertz CT molecular complexity index is 854. The first-order valence-corrected chi connectivity index (χ1v) is 7.14. The summed E-state index contributed by atoms with van der Waals surface area (Å²) in [7, 11) is 0. The molecule has 5 heteroatoms. The quantitative estimate of drug-likeness (QED) is 0.782. The lowest BCUT2D eigenvalue weighted by molar-refractivity contribution is 0.101. The monoisotopic (exact) mass is 310 g/mol. The summed E-state index contributed by atoms with van der Waals surface area (Å²) in [6, 6.07) is 13.6. The summed E-state index contributed by atoms with van der Waals surface area (Å²) in [6.07, 6.45) is 0. The highest BCUT2D eigenvalue weighted by Crippen LogP contribution is 2.23. The maximum Gasteiger partial charge on any atom is 0.277 e. The van der Waals surface area contributed by atoms with Crippen LogP contribution in [0.15, 0.2) is 53.1 Å². The van der Waals surface area contributed by atoms with Crippen molar-refractivity contribution in [3.05, 3.63) is 71.2 Å². The molecule has 3 aromatic rings. The van der Waals surface area contributed by atoms with Gasteiger partial charge in [-0.15, -0.1) is 0 Å². The summed E-state index contributed by atoms with van der Waals surface area (Å²) >= 11 is 0. The summed E-state index contributed by atoms with van der Waals surface area (Å²) in [6.45, 7) is 3.65. The highest BCUT2D eigenvalue weighted by molar-refractivity contribution is 6.03. The first-order chi connectivity index (χ1) is 11.0. The van der Waals surface area contributed by atoms with E-state index in [9.17, 15) is 9.18 Å². The number of benzene rings is 2. The molecule has 4 nitrogen and oxygen atoms in total. The molecule has 0 saturated carbocycles. The Hall–Kier alpha value is -2.95. The number of hydrogen-bond acceptors (Lipinski definition) is 3. The molecule has 0 aliphatic carbocycles. The van der Waals surface area contributed by atoms with Gasteiger partial charge in [-0.25, -0.2) is 4.39 Å². The van der Waals surface area contributed by atoms with Gasteiger partial charge >= 0.3 is 0 Å². The van der Waals surface area contributed by atoms with Gasteiger partial charge in [-0.05, 0) is 37.6 Å². The lowest BCUT2D eigenvalue weighted by Crippen LogP contribution is -2.11. The van der Waals surface area contributed by atoms with E-state index in [-0.39, 0.29) is 17.4 Å². The maximum atomic E-state index is 13.6. The van der Waals surface area contributed by atoms with Gasteiger partial charge in [0, 0.05) is 17.3 Å². The summed E-state index contributed by atoms with van der Waals surface area (Å²) in [4.78, 5) is 12.2. The van der Waals surface area contributed by atoms with E-state index in [0.29, 0.717) is 22.6 Å². The van der Waals surface area contributed by atoms with Crippen LogP contribution < -0.4 is 5.32 Å². The Morgan fingerprint density at radius 1 is 1.09 bits per heavy atom. The second-order valence-electron chi connectivity index (χ2n) is 5.36. The Labute approximate surface area is 132 Å². The Morgan fingerprint density at radius 2 is 1.83 bits per heavy atom. The van der Waals surface area contributed by atoms with Crippen LogP contribution in [0.2, 0.25) is 0 Å². The Morgan fingerprint density at radius 3 is 2.52 bits per heavy atom. The average molecular weight is 310 g/mol. The average Bonchev–Trinajstić information content (AvgIpc) is 3.02. The van der Waals surface area contributed by atoms with Crippen molar-refractivity contribution in [2.24, 2.45) is 0 Å². The van der Waals surface area contributed by atoms with Crippen LogP contribution in [0.3, 0.4) is 0 Å². The third-order valence-corrected chi connectivity index (χ3v) is 3.51. The van der Waals surface area contributed by atoms with Crippen molar-refractivity contribution < 1.29 is 13.7 Å². The first kappa shape index (κ1) is 15.0. The predicted octanol–water partition coefficient (Wildman–Crippen LogP) is 4.35. The van der Waals surface area contributed by atoms with Gasteiger partial charge in [-0.1, -0.05) is 35.0 Å². The molecule has 0 saturated heterocycles. The highest BCUT2D eigenvalue weighted by atomic mass is 19.1. The Balaban J connectivity index is 1.79. The van der Waals surface area contributed by atoms with E-state index in [1.54, 1.807) is 19.1 Å². The SMILES string of the molecule is Cc1ccc(NC(=O)c2cc(-c3ccc(C)c(F)c3)on2)cc1. The minimum absolute atomic E-state index is 0.140. The molecule has 0 radical (unpaired) electrons. The molecule has 3 rings (SSSR count). The van der Waals surface area contributed by atoms with Crippen molar-refractivity contribution in [1.29, 1.82) is 0 Å². The zero-order chi connectivity index (χ0) is 16.4. The number of hydrogen-bond donors (Lipinski definition) is 1. The van der Waals surface area contributed by atoms with Crippen LogP contribution in [0.5, 0.6) is 0 Å². The van der Waals surface area contributed by atoms with Gasteiger partial charge in [0.25, 0.3) is 5.91 Å². The van der Waals surface area contributed by atoms with Gasteiger partial charge in [0.15, 0.2) is 11.5 Å². The summed E-state index contributed by atoms with van der Waals surface area (Å²) in [5.41, 5.74) is 3.00. The van der Waals surface area contributed by atoms with Crippen molar-refractivity contribution >= 4 is 11.6 Å². The lowest BCUT2D eigenvalue weighted by atomic mass is 10.1. The van der Waals surface area contributed by atoms with Crippen molar-refractivity contribution in [1.82, 2.24) is 5.16 Å². The van der Waals surface area contributed by atoms with Crippen LogP contribution in [0.4, 0.5) is 10.1 Å². The van der Waals surface area contributed by atoms with Crippen molar-refractivity contribution in [2.45, 2.75) is 13.8 Å². The van der Waals surface area contributed by atoms with Crippen LogP contribution in [0.1, 0.15) is 21.6 Å². The number of carbonyl (C=O) groups is 1. The smallest absolute Gasteiger partial charge is 0.277 e. The molecular weight excluding hydrogens is 295 g/mol. The molecule has 2 aromatic carbocycles. The fraction of sp³-hybridized carbons (Fsp3) is 0.111. The third kappa shape index (κ3) is 3.29. The number of nitrogens with one attached hydrogen (secondary N) is 1. The first-order valence-electron chi connectivity index (χ1n) is 7.14. The minimum atomic E-state index is -0.378. The highest BCUT2D eigenvalue weighted by Gasteiger charge is 2.14. The molecule has 1 N–H and O–H groups in total. The number of aromatic nitrogens is 1. The number of amides is 1. The molecular formula is C18H15FN2O2. The van der Waals surface area contributed by atoms with E-state index in [2.05, 4.69) is 10.5 Å². The Kier molecular flexibility index (Phi) is 3.93. The summed E-state index contributed by atoms with van der Waals surface area (Å²) in [5, 5.41) is 6.48. The van der Waals surface area contributed by atoms with Gasteiger partial charge in [0.2, 0.25) is 0 Å². The number of aryl methyl sites for hydroxylation is 2. The van der Waals surface area contributed by atoms with Crippen LogP contribution in [0, 0.1) is 19.7 Å². The van der Waals surface area contributed by atoms with E-state index in [1.165, 1.54) is 12.1 Å². The molecule has 0 bridgehead atoms.